The maximum absolute atomic E-state index is 5.99. The van der Waals surface area contributed by atoms with Gasteiger partial charge in [-0.2, -0.15) is 0 Å². The van der Waals surface area contributed by atoms with Gasteiger partial charge in [0.15, 0.2) is 0 Å². The lowest BCUT2D eigenvalue weighted by atomic mass is 10.2. The van der Waals surface area contributed by atoms with Crippen LogP contribution in [0.1, 0.15) is 30.9 Å². The van der Waals surface area contributed by atoms with Crippen molar-refractivity contribution in [3.05, 3.63) is 64.7 Å². The lowest BCUT2D eigenvalue weighted by Gasteiger charge is -2.13. The first-order valence-electron chi connectivity index (χ1n) is 8.71. The minimum Gasteiger partial charge on any atom is -0.489 e. The van der Waals surface area contributed by atoms with E-state index in [2.05, 4.69) is 27.8 Å². The topological polar surface area (TPSA) is 64.9 Å². The zero-order valence-electron chi connectivity index (χ0n) is 14.7. The smallest absolute Gasteiger partial charge is 0.243 e. The number of anilines is 1. The van der Waals surface area contributed by atoms with Gasteiger partial charge in [0.2, 0.25) is 5.95 Å². The van der Waals surface area contributed by atoms with Gasteiger partial charge in [0, 0.05) is 23.7 Å². The summed E-state index contributed by atoms with van der Waals surface area (Å²) in [5, 5.41) is 15.8. The van der Waals surface area contributed by atoms with E-state index in [4.69, 9.17) is 16.3 Å². The molecule has 136 valence electrons. The second-order valence-electron chi connectivity index (χ2n) is 5.96. The number of hydrogen-bond donors (Lipinski definition) is 1. The van der Waals surface area contributed by atoms with Crippen LogP contribution in [0.25, 0.3) is 0 Å². The van der Waals surface area contributed by atoms with Crippen LogP contribution < -0.4 is 10.1 Å². The molecule has 26 heavy (non-hydrogen) atoms. The summed E-state index contributed by atoms with van der Waals surface area (Å²) in [5.74, 6) is 1.51. The Hall–Kier alpha value is -2.60. The standard InChI is InChI=1S/C19H22ClN5O/c1-2-3-12-25-19(22-23-24-25)21-13-16-6-4-5-7-18(16)26-14-15-8-10-17(20)11-9-15/h4-11H,2-3,12-14H2,1H3,(H,21,22,24). The van der Waals surface area contributed by atoms with Crippen LogP contribution in [-0.4, -0.2) is 20.2 Å². The average Bonchev–Trinajstić information content (AvgIpc) is 3.12. The molecule has 0 saturated carbocycles. The highest BCUT2D eigenvalue weighted by molar-refractivity contribution is 6.30. The Morgan fingerprint density at radius 2 is 1.92 bits per heavy atom. The van der Waals surface area contributed by atoms with E-state index in [0.717, 1.165) is 41.3 Å². The van der Waals surface area contributed by atoms with Crippen molar-refractivity contribution in [3.8, 4) is 5.75 Å². The molecule has 0 fully saturated rings. The highest BCUT2D eigenvalue weighted by Gasteiger charge is 2.08. The van der Waals surface area contributed by atoms with Gasteiger partial charge in [-0.1, -0.05) is 60.4 Å². The molecule has 0 atom stereocenters. The van der Waals surface area contributed by atoms with Crippen molar-refractivity contribution in [1.29, 1.82) is 0 Å². The Balaban J connectivity index is 1.62. The van der Waals surface area contributed by atoms with Crippen LogP contribution in [-0.2, 0) is 19.7 Å². The number of benzene rings is 2. The van der Waals surface area contributed by atoms with Crippen LogP contribution in [0.3, 0.4) is 0 Å². The maximum atomic E-state index is 5.99. The number of tetrazole rings is 1. The van der Waals surface area contributed by atoms with Crippen molar-refractivity contribution in [1.82, 2.24) is 20.2 Å². The van der Waals surface area contributed by atoms with E-state index >= 15 is 0 Å². The van der Waals surface area contributed by atoms with E-state index in [1.54, 1.807) is 4.68 Å². The summed E-state index contributed by atoms with van der Waals surface area (Å²) < 4.78 is 7.78. The number of unbranched alkanes of at least 4 members (excludes halogenated alkanes) is 1. The molecule has 0 aliphatic heterocycles. The number of rotatable bonds is 9. The molecule has 0 aliphatic carbocycles. The van der Waals surface area contributed by atoms with Crippen molar-refractivity contribution in [2.75, 3.05) is 5.32 Å². The number of aryl methyl sites for hydroxylation is 1. The summed E-state index contributed by atoms with van der Waals surface area (Å²) in [6.07, 6.45) is 2.14. The third-order valence-corrected chi connectivity index (χ3v) is 4.22. The molecule has 0 amide bonds. The van der Waals surface area contributed by atoms with Crippen molar-refractivity contribution in [2.45, 2.75) is 39.5 Å². The Labute approximate surface area is 158 Å². The Kier molecular flexibility index (Phi) is 6.44. The van der Waals surface area contributed by atoms with Gasteiger partial charge in [-0.3, -0.25) is 0 Å². The van der Waals surface area contributed by atoms with Crippen molar-refractivity contribution in [3.63, 3.8) is 0 Å². The van der Waals surface area contributed by atoms with E-state index in [1.807, 2.05) is 48.5 Å². The predicted octanol–water partition coefficient (Wildman–Crippen LogP) is 4.32. The molecule has 0 unspecified atom stereocenters. The molecule has 0 radical (unpaired) electrons. The van der Waals surface area contributed by atoms with Crippen LogP contribution in [0.5, 0.6) is 5.75 Å². The quantitative estimate of drug-likeness (QED) is 0.606. The molecule has 0 saturated heterocycles. The number of para-hydroxylation sites is 1. The third-order valence-electron chi connectivity index (χ3n) is 3.97. The van der Waals surface area contributed by atoms with Crippen LogP contribution in [0.15, 0.2) is 48.5 Å². The van der Waals surface area contributed by atoms with E-state index in [0.29, 0.717) is 19.1 Å². The van der Waals surface area contributed by atoms with Gasteiger partial charge >= 0.3 is 0 Å². The molecule has 0 aliphatic rings. The lowest BCUT2D eigenvalue weighted by Crippen LogP contribution is -2.10. The first-order valence-corrected chi connectivity index (χ1v) is 9.09. The van der Waals surface area contributed by atoms with Crippen molar-refractivity contribution >= 4 is 17.5 Å². The highest BCUT2D eigenvalue weighted by Crippen LogP contribution is 2.21. The maximum Gasteiger partial charge on any atom is 0.243 e. The largest absolute Gasteiger partial charge is 0.489 e. The fourth-order valence-electron chi connectivity index (χ4n) is 2.50. The van der Waals surface area contributed by atoms with E-state index in [-0.39, 0.29) is 0 Å². The summed E-state index contributed by atoms with van der Waals surface area (Å²) >= 11 is 5.92. The first kappa shape index (κ1) is 18.2. The van der Waals surface area contributed by atoms with Crippen molar-refractivity contribution < 1.29 is 4.74 Å². The minimum absolute atomic E-state index is 0.489. The molecule has 0 bridgehead atoms. The summed E-state index contributed by atoms with van der Waals surface area (Å²) in [6.45, 7) is 4.03. The fraction of sp³-hybridized carbons (Fsp3) is 0.316. The molecule has 3 rings (SSSR count). The number of nitrogens with zero attached hydrogens (tertiary/aromatic N) is 4. The molecule has 6 nitrogen and oxygen atoms in total. The summed E-state index contributed by atoms with van der Waals surface area (Å²) in [7, 11) is 0. The molecule has 1 N–H and O–H groups in total. The first-order chi connectivity index (χ1) is 12.8. The number of aromatic nitrogens is 4. The number of hydrogen-bond acceptors (Lipinski definition) is 5. The van der Waals surface area contributed by atoms with Crippen LogP contribution in [0.2, 0.25) is 5.02 Å². The van der Waals surface area contributed by atoms with Gasteiger partial charge < -0.3 is 10.1 Å². The number of ether oxygens (including phenoxy) is 1. The summed E-state index contributed by atoms with van der Waals surface area (Å²) in [4.78, 5) is 0. The second kappa shape index (κ2) is 9.20. The van der Waals surface area contributed by atoms with Crippen LogP contribution in [0, 0.1) is 0 Å². The van der Waals surface area contributed by atoms with Crippen LogP contribution in [0.4, 0.5) is 5.95 Å². The van der Waals surface area contributed by atoms with Crippen molar-refractivity contribution in [2.24, 2.45) is 0 Å². The monoisotopic (exact) mass is 371 g/mol. The molecule has 0 spiro atoms. The van der Waals surface area contributed by atoms with Gasteiger partial charge in [0.05, 0.1) is 0 Å². The molecule has 3 aromatic rings. The molecular formula is C19H22ClN5O. The van der Waals surface area contributed by atoms with Gasteiger partial charge in [-0.25, -0.2) is 4.68 Å². The Morgan fingerprint density at radius 3 is 2.73 bits per heavy atom. The summed E-state index contributed by atoms with van der Waals surface area (Å²) in [6, 6.07) is 15.6. The minimum atomic E-state index is 0.489. The normalized spacial score (nSPS) is 10.7. The Morgan fingerprint density at radius 1 is 1.12 bits per heavy atom. The van der Waals surface area contributed by atoms with E-state index in [9.17, 15) is 0 Å². The number of nitrogens with one attached hydrogen (secondary N) is 1. The fourth-order valence-corrected chi connectivity index (χ4v) is 2.62. The van der Waals surface area contributed by atoms with Crippen LogP contribution >= 0.6 is 11.6 Å². The third kappa shape index (κ3) is 4.95. The SMILES string of the molecule is CCCCn1nnnc1NCc1ccccc1OCc1ccc(Cl)cc1. The molecule has 2 aromatic carbocycles. The molecule has 7 heteroatoms. The zero-order chi connectivity index (χ0) is 18.2. The Bertz CT molecular complexity index is 819. The van der Waals surface area contributed by atoms with Gasteiger partial charge in [-0.15, -0.1) is 0 Å². The number of halogens is 1. The highest BCUT2D eigenvalue weighted by atomic mass is 35.5. The van der Waals surface area contributed by atoms with E-state index in [1.165, 1.54) is 0 Å². The van der Waals surface area contributed by atoms with Gasteiger partial charge in [0.1, 0.15) is 12.4 Å². The van der Waals surface area contributed by atoms with Gasteiger partial charge in [-0.05, 0) is 40.6 Å². The lowest BCUT2D eigenvalue weighted by molar-refractivity contribution is 0.303. The second-order valence-corrected chi connectivity index (χ2v) is 6.39. The zero-order valence-corrected chi connectivity index (χ0v) is 15.5. The average molecular weight is 372 g/mol. The van der Waals surface area contributed by atoms with Gasteiger partial charge in [0.25, 0.3) is 0 Å². The van der Waals surface area contributed by atoms with E-state index < -0.39 is 0 Å². The molecule has 1 heterocycles. The predicted molar refractivity (Wildman–Crippen MR) is 102 cm³/mol. The molecular weight excluding hydrogens is 350 g/mol. The summed E-state index contributed by atoms with van der Waals surface area (Å²) in [5.41, 5.74) is 2.12. The molecule has 1 aromatic heterocycles.